The summed E-state index contributed by atoms with van der Waals surface area (Å²) in [6.07, 6.45) is 5.70. The number of ketones is 1. The fourth-order valence-electron chi connectivity index (χ4n) is 1.44. The molecule has 3 heteroatoms. The molecule has 1 aromatic rings. The number of aryl methyl sites for hydroxylation is 1. The standard InChI is InChI=1S/C13H20NO.BrH/c1-4-13(15)12-6-5-8-14(10-12)9-7-11(2)3;/h5-6,8,10-11H,4,7,9H2,1-3H3;1H/q+1;/p-1. The van der Waals surface area contributed by atoms with Crippen molar-refractivity contribution in [3.8, 4) is 0 Å². The lowest BCUT2D eigenvalue weighted by Crippen LogP contribution is -3.00. The highest BCUT2D eigenvalue weighted by atomic mass is 79.9. The first-order chi connectivity index (χ1) is 7.13. The van der Waals surface area contributed by atoms with Crippen LogP contribution in [-0.2, 0) is 6.54 Å². The molecule has 1 rings (SSSR count). The Kier molecular flexibility index (Phi) is 7.22. The van der Waals surface area contributed by atoms with Crippen LogP contribution >= 0.6 is 0 Å². The van der Waals surface area contributed by atoms with Gasteiger partial charge in [-0.3, -0.25) is 4.79 Å². The molecule has 16 heavy (non-hydrogen) atoms. The van der Waals surface area contributed by atoms with Gasteiger partial charge in [0.25, 0.3) is 0 Å². The predicted octanol–water partition coefficient (Wildman–Crippen LogP) is -0.383. The summed E-state index contributed by atoms with van der Waals surface area (Å²) in [6, 6.07) is 3.83. The zero-order valence-corrected chi connectivity index (χ0v) is 11.8. The van der Waals surface area contributed by atoms with Crippen LogP contribution in [0.2, 0.25) is 0 Å². The number of aromatic nitrogens is 1. The third-order valence-electron chi connectivity index (χ3n) is 2.47. The lowest BCUT2D eigenvalue weighted by molar-refractivity contribution is -0.698. The van der Waals surface area contributed by atoms with Crippen LogP contribution in [0.1, 0.15) is 44.0 Å². The van der Waals surface area contributed by atoms with E-state index < -0.39 is 0 Å². The molecule has 0 spiro atoms. The van der Waals surface area contributed by atoms with E-state index in [1.807, 2.05) is 31.5 Å². The van der Waals surface area contributed by atoms with Gasteiger partial charge in [0.15, 0.2) is 18.2 Å². The molecule has 0 atom stereocenters. The van der Waals surface area contributed by atoms with E-state index >= 15 is 0 Å². The van der Waals surface area contributed by atoms with Crippen LogP contribution in [0.4, 0.5) is 0 Å². The molecule has 0 saturated carbocycles. The summed E-state index contributed by atoms with van der Waals surface area (Å²) in [7, 11) is 0. The average molecular weight is 286 g/mol. The van der Waals surface area contributed by atoms with Crippen molar-refractivity contribution in [3.63, 3.8) is 0 Å². The molecule has 0 radical (unpaired) electrons. The Balaban J connectivity index is 0.00000225. The zero-order valence-electron chi connectivity index (χ0n) is 10.2. The van der Waals surface area contributed by atoms with Crippen LogP contribution < -0.4 is 21.5 Å². The molecule has 1 heterocycles. The highest BCUT2D eigenvalue weighted by Gasteiger charge is 2.08. The molecule has 0 saturated heterocycles. The number of carbonyl (C=O) groups excluding carboxylic acids is 1. The number of pyridine rings is 1. The third-order valence-corrected chi connectivity index (χ3v) is 2.47. The predicted molar refractivity (Wildman–Crippen MR) is 60.7 cm³/mol. The molecule has 0 bridgehead atoms. The first-order valence-electron chi connectivity index (χ1n) is 5.65. The summed E-state index contributed by atoms with van der Waals surface area (Å²) < 4.78 is 2.10. The van der Waals surface area contributed by atoms with Gasteiger partial charge in [-0.05, 0) is 12.0 Å². The van der Waals surface area contributed by atoms with E-state index in [-0.39, 0.29) is 22.8 Å². The van der Waals surface area contributed by atoms with E-state index in [1.54, 1.807) is 0 Å². The molecule has 0 fully saturated rings. The molecule has 0 aliphatic rings. The average Bonchev–Trinajstić information content (AvgIpc) is 2.25. The molecular weight excluding hydrogens is 266 g/mol. The second-order valence-electron chi connectivity index (χ2n) is 4.29. The number of nitrogens with zero attached hydrogens (tertiary/aromatic N) is 1. The Morgan fingerprint density at radius 1 is 1.44 bits per heavy atom. The van der Waals surface area contributed by atoms with Gasteiger partial charge in [-0.15, -0.1) is 0 Å². The van der Waals surface area contributed by atoms with Crippen molar-refractivity contribution in [3.05, 3.63) is 30.1 Å². The maximum atomic E-state index is 11.5. The molecule has 0 aromatic carbocycles. The van der Waals surface area contributed by atoms with Crippen molar-refractivity contribution in [2.45, 2.75) is 40.2 Å². The highest BCUT2D eigenvalue weighted by molar-refractivity contribution is 5.95. The largest absolute Gasteiger partial charge is 1.00 e. The minimum Gasteiger partial charge on any atom is -1.00 e. The van der Waals surface area contributed by atoms with Crippen molar-refractivity contribution in [2.75, 3.05) is 0 Å². The molecule has 0 aliphatic heterocycles. The van der Waals surface area contributed by atoms with Crippen molar-refractivity contribution in [2.24, 2.45) is 5.92 Å². The zero-order chi connectivity index (χ0) is 11.3. The molecule has 2 nitrogen and oxygen atoms in total. The molecule has 1 aromatic heterocycles. The lowest BCUT2D eigenvalue weighted by atomic mass is 10.1. The monoisotopic (exact) mass is 285 g/mol. The van der Waals surface area contributed by atoms with Gasteiger partial charge in [0.2, 0.25) is 0 Å². The van der Waals surface area contributed by atoms with Gasteiger partial charge < -0.3 is 17.0 Å². The summed E-state index contributed by atoms with van der Waals surface area (Å²) in [5, 5.41) is 0. The Morgan fingerprint density at radius 3 is 2.69 bits per heavy atom. The summed E-state index contributed by atoms with van der Waals surface area (Å²) >= 11 is 0. The van der Waals surface area contributed by atoms with Gasteiger partial charge in [-0.1, -0.05) is 20.8 Å². The van der Waals surface area contributed by atoms with E-state index in [0.717, 1.165) is 18.5 Å². The highest BCUT2D eigenvalue weighted by Crippen LogP contribution is 2.01. The van der Waals surface area contributed by atoms with E-state index in [2.05, 4.69) is 18.4 Å². The van der Waals surface area contributed by atoms with Gasteiger partial charge in [0, 0.05) is 18.9 Å². The van der Waals surface area contributed by atoms with Crippen molar-refractivity contribution < 1.29 is 26.3 Å². The smallest absolute Gasteiger partial charge is 0.179 e. The lowest BCUT2D eigenvalue weighted by Gasteiger charge is -2.01. The number of hydrogen-bond donors (Lipinski definition) is 0. The molecular formula is C13H20BrNO. The van der Waals surface area contributed by atoms with Gasteiger partial charge in [0.05, 0.1) is 5.56 Å². The van der Waals surface area contributed by atoms with Crippen LogP contribution in [0.15, 0.2) is 24.5 Å². The maximum absolute atomic E-state index is 11.5. The Morgan fingerprint density at radius 2 is 2.12 bits per heavy atom. The van der Waals surface area contributed by atoms with Gasteiger partial charge in [-0.2, -0.15) is 0 Å². The topological polar surface area (TPSA) is 20.9 Å². The minimum absolute atomic E-state index is 0. The van der Waals surface area contributed by atoms with Crippen molar-refractivity contribution >= 4 is 5.78 Å². The van der Waals surface area contributed by atoms with Crippen molar-refractivity contribution in [1.29, 1.82) is 0 Å². The normalized spacial score (nSPS) is 10.0. The van der Waals surface area contributed by atoms with Crippen LogP contribution in [0.25, 0.3) is 0 Å². The van der Waals surface area contributed by atoms with Crippen LogP contribution in [0, 0.1) is 5.92 Å². The van der Waals surface area contributed by atoms with E-state index in [9.17, 15) is 4.79 Å². The number of rotatable bonds is 5. The van der Waals surface area contributed by atoms with E-state index in [1.165, 1.54) is 0 Å². The van der Waals surface area contributed by atoms with Crippen LogP contribution in [0.3, 0.4) is 0 Å². The molecule has 0 N–H and O–H groups in total. The number of hydrogen-bond acceptors (Lipinski definition) is 1. The Labute approximate surface area is 108 Å². The molecule has 90 valence electrons. The molecule has 0 aliphatic carbocycles. The summed E-state index contributed by atoms with van der Waals surface area (Å²) in [6.45, 7) is 7.31. The number of carbonyl (C=O) groups is 1. The Hall–Kier alpha value is -0.700. The first kappa shape index (κ1) is 15.3. The molecule has 0 amide bonds. The van der Waals surface area contributed by atoms with Gasteiger partial charge >= 0.3 is 0 Å². The van der Waals surface area contributed by atoms with Crippen LogP contribution in [-0.4, -0.2) is 5.78 Å². The quantitative estimate of drug-likeness (QED) is 0.534. The van der Waals surface area contributed by atoms with E-state index in [0.29, 0.717) is 12.3 Å². The van der Waals surface area contributed by atoms with Crippen molar-refractivity contribution in [1.82, 2.24) is 0 Å². The number of halogens is 1. The van der Waals surface area contributed by atoms with E-state index in [4.69, 9.17) is 0 Å². The second kappa shape index (κ2) is 7.55. The number of Topliss-reactive ketones (excluding diaryl/α,β-unsaturated/α-hetero) is 1. The van der Waals surface area contributed by atoms with Crippen LogP contribution in [0.5, 0.6) is 0 Å². The minimum atomic E-state index is 0. The second-order valence-corrected chi connectivity index (χ2v) is 4.29. The summed E-state index contributed by atoms with van der Waals surface area (Å²) in [4.78, 5) is 11.5. The van der Waals surface area contributed by atoms with Gasteiger partial charge in [-0.25, -0.2) is 4.57 Å². The first-order valence-corrected chi connectivity index (χ1v) is 5.65. The Bertz CT molecular complexity index is 336. The summed E-state index contributed by atoms with van der Waals surface area (Å²) in [5.41, 5.74) is 0.823. The SMILES string of the molecule is CCC(=O)c1ccc[n+](CCC(C)C)c1.[Br-]. The fourth-order valence-corrected chi connectivity index (χ4v) is 1.44. The summed E-state index contributed by atoms with van der Waals surface area (Å²) in [5.74, 6) is 0.914. The molecule has 0 unspecified atom stereocenters. The maximum Gasteiger partial charge on any atom is 0.179 e. The fraction of sp³-hybridized carbons (Fsp3) is 0.538. The van der Waals surface area contributed by atoms with Gasteiger partial charge in [0.1, 0.15) is 6.54 Å². The third kappa shape index (κ3) is 4.88.